The average molecular weight is 196 g/mol. The summed E-state index contributed by atoms with van der Waals surface area (Å²) in [5.74, 6) is 0. The predicted octanol–water partition coefficient (Wildman–Crippen LogP) is 1.38. The molecule has 0 atom stereocenters. The molecule has 1 rings (SSSR count). The lowest BCUT2D eigenvalue weighted by molar-refractivity contribution is -0.0946. The quantitative estimate of drug-likeness (QED) is 0.623. The third-order valence-corrected chi connectivity index (χ3v) is 2.00. The Labute approximate surface area is 83.7 Å². The molecule has 0 bridgehead atoms. The van der Waals surface area contributed by atoms with Crippen LogP contribution in [0.25, 0.3) is 0 Å². The zero-order valence-corrected chi connectivity index (χ0v) is 8.27. The lowest BCUT2D eigenvalue weighted by Gasteiger charge is -2.12. The maximum absolute atomic E-state index is 9.30. The summed E-state index contributed by atoms with van der Waals surface area (Å²) < 4.78 is 0. The number of nitrogens with zero attached hydrogens (tertiary/aromatic N) is 1. The molecule has 78 valence electrons. The molecule has 0 spiro atoms. The Bertz CT molecular complexity index is 279. The molecule has 0 heterocycles. The molecule has 0 amide bonds. The Hall–Kier alpha value is -0.940. The van der Waals surface area contributed by atoms with Gasteiger partial charge in [-0.2, -0.15) is 5.06 Å². The molecule has 4 nitrogen and oxygen atoms in total. The van der Waals surface area contributed by atoms with Crippen LogP contribution in [0.5, 0.6) is 0 Å². The van der Waals surface area contributed by atoms with Crippen LogP contribution in [0.4, 0.5) is 0 Å². The number of nitrogens with one attached hydrogen (secondary N) is 1. The molecule has 1 aromatic carbocycles. The second kappa shape index (κ2) is 5.72. The van der Waals surface area contributed by atoms with Gasteiger partial charge in [0.05, 0.1) is 0 Å². The minimum absolute atomic E-state index is 0.422. The van der Waals surface area contributed by atoms with Gasteiger partial charge < -0.3 is 10.4 Å². The summed E-state index contributed by atoms with van der Waals surface area (Å²) in [5.41, 5.74) is 4.13. The van der Waals surface area contributed by atoms with Crippen LogP contribution in [0.2, 0.25) is 0 Å². The van der Waals surface area contributed by atoms with E-state index in [1.54, 1.807) is 0 Å². The highest BCUT2D eigenvalue weighted by Crippen LogP contribution is 2.07. The van der Waals surface area contributed by atoms with Crippen molar-refractivity contribution in [2.75, 3.05) is 6.54 Å². The molecular weight excluding hydrogens is 180 g/mol. The van der Waals surface area contributed by atoms with E-state index in [-0.39, 0.29) is 0 Å². The van der Waals surface area contributed by atoms with E-state index in [0.29, 0.717) is 19.6 Å². The standard InChI is InChI=1S/C10H16N2O2/c1-2-12(14)8-10-5-3-4-9(6-10)7-11-13/h3-6,11,13-14H,2,7-8H2,1H3. The van der Waals surface area contributed by atoms with Crippen molar-refractivity contribution < 1.29 is 10.4 Å². The molecule has 0 radical (unpaired) electrons. The molecular formula is C10H16N2O2. The second-order valence-electron chi connectivity index (χ2n) is 3.14. The largest absolute Gasteiger partial charge is 0.316 e. The molecule has 0 aliphatic rings. The van der Waals surface area contributed by atoms with E-state index in [2.05, 4.69) is 5.48 Å². The van der Waals surface area contributed by atoms with Crippen LogP contribution in [0, 0.1) is 0 Å². The highest BCUT2D eigenvalue weighted by molar-refractivity contribution is 5.23. The normalized spacial score (nSPS) is 10.9. The maximum atomic E-state index is 9.30. The summed E-state index contributed by atoms with van der Waals surface area (Å²) in [4.78, 5) is 0. The first-order valence-corrected chi connectivity index (χ1v) is 4.65. The monoisotopic (exact) mass is 196 g/mol. The predicted molar refractivity (Wildman–Crippen MR) is 52.9 cm³/mol. The van der Waals surface area contributed by atoms with Gasteiger partial charge in [-0.25, -0.2) is 5.48 Å². The smallest absolute Gasteiger partial charge is 0.0488 e. The van der Waals surface area contributed by atoms with Gasteiger partial charge in [0.15, 0.2) is 0 Å². The molecule has 3 N–H and O–H groups in total. The van der Waals surface area contributed by atoms with Crippen molar-refractivity contribution in [2.24, 2.45) is 0 Å². The summed E-state index contributed by atoms with van der Waals surface area (Å²) in [6.45, 7) is 3.42. The SMILES string of the molecule is CCN(O)Cc1cccc(CNO)c1. The third kappa shape index (κ3) is 3.43. The van der Waals surface area contributed by atoms with Crippen molar-refractivity contribution in [3.05, 3.63) is 35.4 Å². The molecule has 0 aliphatic heterocycles. The first-order valence-electron chi connectivity index (χ1n) is 4.65. The van der Waals surface area contributed by atoms with Gasteiger partial charge in [0, 0.05) is 19.6 Å². The van der Waals surface area contributed by atoms with Gasteiger partial charge in [-0.15, -0.1) is 0 Å². The van der Waals surface area contributed by atoms with Crippen LogP contribution >= 0.6 is 0 Å². The van der Waals surface area contributed by atoms with Crippen molar-refractivity contribution in [3.63, 3.8) is 0 Å². The number of hydroxylamine groups is 3. The van der Waals surface area contributed by atoms with Crippen molar-refractivity contribution in [2.45, 2.75) is 20.0 Å². The fourth-order valence-corrected chi connectivity index (χ4v) is 1.25. The minimum atomic E-state index is 0.422. The van der Waals surface area contributed by atoms with Gasteiger partial charge in [0.1, 0.15) is 0 Å². The molecule has 0 aliphatic carbocycles. The van der Waals surface area contributed by atoms with Crippen molar-refractivity contribution in [1.82, 2.24) is 10.5 Å². The van der Waals surface area contributed by atoms with Crippen LogP contribution in [0.15, 0.2) is 24.3 Å². The number of rotatable bonds is 5. The first kappa shape index (κ1) is 11.1. The Morgan fingerprint density at radius 1 is 1.36 bits per heavy atom. The van der Waals surface area contributed by atoms with Gasteiger partial charge >= 0.3 is 0 Å². The van der Waals surface area contributed by atoms with E-state index in [4.69, 9.17) is 5.21 Å². The highest BCUT2D eigenvalue weighted by atomic mass is 16.5. The Morgan fingerprint density at radius 2 is 2.07 bits per heavy atom. The number of benzene rings is 1. The molecule has 14 heavy (non-hydrogen) atoms. The molecule has 0 saturated carbocycles. The van der Waals surface area contributed by atoms with E-state index in [0.717, 1.165) is 11.1 Å². The topological polar surface area (TPSA) is 55.7 Å². The molecule has 0 fully saturated rings. The van der Waals surface area contributed by atoms with Gasteiger partial charge in [-0.1, -0.05) is 31.2 Å². The minimum Gasteiger partial charge on any atom is -0.316 e. The van der Waals surface area contributed by atoms with Crippen molar-refractivity contribution >= 4 is 0 Å². The Kier molecular flexibility index (Phi) is 4.55. The summed E-state index contributed by atoms with van der Waals surface area (Å²) in [6.07, 6.45) is 0. The lowest BCUT2D eigenvalue weighted by atomic mass is 10.1. The highest BCUT2D eigenvalue weighted by Gasteiger charge is 2.00. The third-order valence-electron chi connectivity index (χ3n) is 2.00. The second-order valence-corrected chi connectivity index (χ2v) is 3.14. The maximum Gasteiger partial charge on any atom is 0.0488 e. The van der Waals surface area contributed by atoms with Gasteiger partial charge in [-0.3, -0.25) is 0 Å². The lowest BCUT2D eigenvalue weighted by Crippen LogP contribution is -2.17. The number of hydrogen-bond donors (Lipinski definition) is 3. The number of hydrogen-bond acceptors (Lipinski definition) is 4. The summed E-state index contributed by atoms with van der Waals surface area (Å²) >= 11 is 0. The fraction of sp³-hybridized carbons (Fsp3) is 0.400. The van der Waals surface area contributed by atoms with E-state index < -0.39 is 0 Å². The van der Waals surface area contributed by atoms with Crippen LogP contribution in [0.3, 0.4) is 0 Å². The molecule has 0 unspecified atom stereocenters. The average Bonchev–Trinajstić information content (AvgIpc) is 2.19. The molecule has 1 aromatic rings. The van der Waals surface area contributed by atoms with E-state index in [9.17, 15) is 5.21 Å². The Balaban J connectivity index is 2.63. The Morgan fingerprint density at radius 3 is 2.71 bits per heavy atom. The van der Waals surface area contributed by atoms with Crippen LogP contribution in [0.1, 0.15) is 18.1 Å². The molecule has 0 saturated heterocycles. The van der Waals surface area contributed by atoms with Crippen molar-refractivity contribution in [3.8, 4) is 0 Å². The summed E-state index contributed by atoms with van der Waals surface area (Å²) in [5, 5.41) is 19.1. The summed E-state index contributed by atoms with van der Waals surface area (Å²) in [7, 11) is 0. The zero-order valence-electron chi connectivity index (χ0n) is 8.27. The van der Waals surface area contributed by atoms with E-state index >= 15 is 0 Å². The molecule has 0 aromatic heterocycles. The van der Waals surface area contributed by atoms with E-state index in [1.807, 2.05) is 31.2 Å². The van der Waals surface area contributed by atoms with Crippen LogP contribution in [-0.2, 0) is 13.1 Å². The van der Waals surface area contributed by atoms with Crippen LogP contribution in [-0.4, -0.2) is 22.0 Å². The fourth-order valence-electron chi connectivity index (χ4n) is 1.25. The van der Waals surface area contributed by atoms with E-state index in [1.165, 1.54) is 5.06 Å². The van der Waals surface area contributed by atoms with Gasteiger partial charge in [0.2, 0.25) is 0 Å². The van der Waals surface area contributed by atoms with Crippen molar-refractivity contribution in [1.29, 1.82) is 0 Å². The van der Waals surface area contributed by atoms with Crippen LogP contribution < -0.4 is 5.48 Å². The zero-order chi connectivity index (χ0) is 10.4. The van der Waals surface area contributed by atoms with Gasteiger partial charge in [0.25, 0.3) is 0 Å². The molecule has 4 heteroatoms. The summed E-state index contributed by atoms with van der Waals surface area (Å²) in [6, 6.07) is 7.72. The van der Waals surface area contributed by atoms with Gasteiger partial charge in [-0.05, 0) is 11.1 Å². The first-order chi connectivity index (χ1) is 6.76.